The van der Waals surface area contributed by atoms with Gasteiger partial charge in [-0.05, 0) is 24.6 Å². The van der Waals surface area contributed by atoms with Gasteiger partial charge in [-0.1, -0.05) is 12.1 Å². The van der Waals surface area contributed by atoms with E-state index < -0.39 is 5.91 Å². The fraction of sp³-hybridized carbons (Fsp3) is 0.250. The Kier molecular flexibility index (Phi) is 3.31. The fourth-order valence-corrected chi connectivity index (χ4v) is 2.98. The summed E-state index contributed by atoms with van der Waals surface area (Å²) in [5.74, 6) is 0.114. The van der Waals surface area contributed by atoms with Gasteiger partial charge in [-0.15, -0.1) is 11.3 Å². The van der Waals surface area contributed by atoms with Crippen LogP contribution in [0.1, 0.15) is 15.2 Å². The highest BCUT2D eigenvalue weighted by Gasteiger charge is 2.18. The molecule has 0 spiro atoms. The Balaban J connectivity index is 2.74. The average Bonchev–Trinajstić information content (AvgIpc) is 2.69. The van der Waals surface area contributed by atoms with Gasteiger partial charge in [0.25, 0.3) is 5.91 Å². The maximum absolute atomic E-state index is 11.3. The minimum atomic E-state index is -0.457. The van der Waals surface area contributed by atoms with Gasteiger partial charge in [-0.25, -0.2) is 0 Å². The number of hydrogen-bond acceptors (Lipinski definition) is 4. The molecule has 2 rings (SSSR count). The zero-order valence-electron chi connectivity index (χ0n) is 9.53. The van der Waals surface area contributed by atoms with E-state index in [-0.39, 0.29) is 0 Å². The molecule has 1 aromatic carbocycles. The van der Waals surface area contributed by atoms with E-state index in [0.717, 1.165) is 22.1 Å². The van der Waals surface area contributed by atoms with Crippen molar-refractivity contribution in [2.45, 2.75) is 6.42 Å². The summed E-state index contributed by atoms with van der Waals surface area (Å²) in [5, 5.41) is 0.958. The Morgan fingerprint density at radius 3 is 2.82 bits per heavy atom. The van der Waals surface area contributed by atoms with Crippen molar-refractivity contribution in [3.05, 3.63) is 28.6 Å². The van der Waals surface area contributed by atoms with Crippen LogP contribution in [0.15, 0.2) is 18.2 Å². The monoisotopic (exact) mass is 250 g/mol. The number of carbonyl (C=O) groups excluding carboxylic acids is 1. The van der Waals surface area contributed by atoms with E-state index >= 15 is 0 Å². The molecule has 1 heterocycles. The number of amides is 1. The number of primary amides is 1. The quantitative estimate of drug-likeness (QED) is 0.863. The van der Waals surface area contributed by atoms with Crippen molar-refractivity contribution in [3.63, 3.8) is 0 Å². The molecule has 0 saturated carbocycles. The van der Waals surface area contributed by atoms with Crippen molar-refractivity contribution in [2.24, 2.45) is 11.5 Å². The Hall–Kier alpha value is -1.59. The summed E-state index contributed by atoms with van der Waals surface area (Å²) in [6, 6.07) is 5.90. The van der Waals surface area contributed by atoms with Crippen LogP contribution < -0.4 is 16.2 Å². The Morgan fingerprint density at radius 2 is 2.24 bits per heavy atom. The lowest BCUT2D eigenvalue weighted by molar-refractivity contribution is 0.100. The largest absolute Gasteiger partial charge is 0.494 e. The molecule has 0 aliphatic rings. The number of thiophene rings is 1. The highest BCUT2D eigenvalue weighted by molar-refractivity contribution is 7.21. The molecule has 4 N–H and O–H groups in total. The number of carbonyl (C=O) groups is 1. The summed E-state index contributed by atoms with van der Waals surface area (Å²) in [4.78, 5) is 11.8. The molecule has 0 aliphatic heterocycles. The first-order valence-electron chi connectivity index (χ1n) is 5.27. The second-order valence-corrected chi connectivity index (χ2v) is 4.71. The number of methoxy groups -OCH3 is 1. The molecule has 0 atom stereocenters. The van der Waals surface area contributed by atoms with Gasteiger partial charge in [0.1, 0.15) is 4.88 Å². The third-order valence-electron chi connectivity index (χ3n) is 2.60. The van der Waals surface area contributed by atoms with Crippen molar-refractivity contribution >= 4 is 27.3 Å². The van der Waals surface area contributed by atoms with Crippen LogP contribution in [-0.4, -0.2) is 19.6 Å². The number of benzene rings is 1. The van der Waals surface area contributed by atoms with Crippen LogP contribution in [0.2, 0.25) is 0 Å². The molecule has 0 radical (unpaired) electrons. The second-order valence-electron chi connectivity index (χ2n) is 3.66. The Bertz CT molecular complexity index is 563. The average molecular weight is 250 g/mol. The lowest BCUT2D eigenvalue weighted by Crippen LogP contribution is -2.10. The van der Waals surface area contributed by atoms with Crippen LogP contribution >= 0.6 is 11.3 Å². The minimum Gasteiger partial charge on any atom is -0.494 e. The van der Waals surface area contributed by atoms with Crippen LogP contribution in [0, 0.1) is 0 Å². The van der Waals surface area contributed by atoms with Crippen LogP contribution in [0.25, 0.3) is 10.1 Å². The SMILES string of the molecule is COc1c(C(N)=O)sc2cccc(CCN)c12. The van der Waals surface area contributed by atoms with Crippen molar-refractivity contribution < 1.29 is 9.53 Å². The van der Waals surface area contributed by atoms with Gasteiger partial charge in [-0.2, -0.15) is 0 Å². The number of fused-ring (bicyclic) bond motifs is 1. The maximum Gasteiger partial charge on any atom is 0.262 e. The zero-order chi connectivity index (χ0) is 12.4. The molecule has 2 aromatic rings. The fourth-order valence-electron chi connectivity index (χ4n) is 1.91. The summed E-state index contributed by atoms with van der Waals surface area (Å²) in [6.45, 7) is 0.560. The van der Waals surface area contributed by atoms with Gasteiger partial charge in [0, 0.05) is 10.1 Å². The Morgan fingerprint density at radius 1 is 1.47 bits per heavy atom. The molecule has 0 fully saturated rings. The van der Waals surface area contributed by atoms with Crippen molar-refractivity contribution in [1.82, 2.24) is 0 Å². The predicted molar refractivity (Wildman–Crippen MR) is 69.7 cm³/mol. The zero-order valence-corrected chi connectivity index (χ0v) is 10.3. The van der Waals surface area contributed by atoms with Gasteiger partial charge in [0.2, 0.25) is 0 Å². The van der Waals surface area contributed by atoms with Crippen LogP contribution in [0.4, 0.5) is 0 Å². The van der Waals surface area contributed by atoms with E-state index in [1.807, 2.05) is 18.2 Å². The van der Waals surface area contributed by atoms with Gasteiger partial charge >= 0.3 is 0 Å². The summed E-state index contributed by atoms with van der Waals surface area (Å²) in [5.41, 5.74) is 12.0. The molecule has 1 aromatic heterocycles. The van der Waals surface area contributed by atoms with Gasteiger partial charge in [-0.3, -0.25) is 4.79 Å². The summed E-state index contributed by atoms with van der Waals surface area (Å²) < 4.78 is 6.32. The van der Waals surface area contributed by atoms with E-state index in [1.54, 1.807) is 7.11 Å². The Labute approximate surface area is 103 Å². The van der Waals surface area contributed by atoms with Crippen LogP contribution in [-0.2, 0) is 6.42 Å². The van der Waals surface area contributed by atoms with Crippen LogP contribution in [0.5, 0.6) is 5.75 Å². The van der Waals surface area contributed by atoms with Gasteiger partial charge in [0.05, 0.1) is 7.11 Å². The highest BCUT2D eigenvalue weighted by atomic mass is 32.1. The predicted octanol–water partition coefficient (Wildman–Crippen LogP) is 1.51. The van der Waals surface area contributed by atoms with Crippen molar-refractivity contribution in [3.8, 4) is 5.75 Å². The molecule has 90 valence electrons. The van der Waals surface area contributed by atoms with E-state index in [9.17, 15) is 4.79 Å². The smallest absolute Gasteiger partial charge is 0.262 e. The summed E-state index contributed by atoms with van der Waals surface area (Å²) in [7, 11) is 1.55. The number of hydrogen-bond donors (Lipinski definition) is 2. The van der Waals surface area contributed by atoms with Crippen LogP contribution in [0.3, 0.4) is 0 Å². The summed E-state index contributed by atoms with van der Waals surface area (Å²) in [6.07, 6.45) is 0.753. The molecule has 0 unspecified atom stereocenters. The van der Waals surface area contributed by atoms with Gasteiger partial charge < -0.3 is 16.2 Å². The third-order valence-corrected chi connectivity index (χ3v) is 3.75. The summed E-state index contributed by atoms with van der Waals surface area (Å²) >= 11 is 1.36. The molecular weight excluding hydrogens is 236 g/mol. The van der Waals surface area contributed by atoms with E-state index in [4.69, 9.17) is 16.2 Å². The van der Waals surface area contributed by atoms with Crippen molar-refractivity contribution in [1.29, 1.82) is 0 Å². The highest BCUT2D eigenvalue weighted by Crippen LogP contribution is 2.39. The lowest BCUT2D eigenvalue weighted by Gasteiger charge is -2.04. The molecule has 0 bridgehead atoms. The van der Waals surface area contributed by atoms with E-state index in [1.165, 1.54) is 11.3 Å². The molecule has 17 heavy (non-hydrogen) atoms. The lowest BCUT2D eigenvalue weighted by atomic mass is 10.1. The van der Waals surface area contributed by atoms with E-state index in [0.29, 0.717) is 17.2 Å². The molecule has 1 amide bonds. The standard InChI is InChI=1S/C12H14N2O2S/c1-16-10-9-7(5-6-13)3-2-4-8(9)17-11(10)12(14)15/h2-4H,5-6,13H2,1H3,(H2,14,15). The molecule has 0 saturated heterocycles. The third kappa shape index (κ3) is 1.99. The topological polar surface area (TPSA) is 78.3 Å². The first kappa shape index (κ1) is 11.9. The molecular formula is C12H14N2O2S. The molecule has 4 nitrogen and oxygen atoms in total. The minimum absolute atomic E-state index is 0.457. The van der Waals surface area contributed by atoms with Gasteiger partial charge in [0.15, 0.2) is 5.75 Å². The molecule has 5 heteroatoms. The van der Waals surface area contributed by atoms with E-state index in [2.05, 4.69) is 0 Å². The maximum atomic E-state index is 11.3. The number of rotatable bonds is 4. The first-order valence-corrected chi connectivity index (χ1v) is 6.09. The molecule has 0 aliphatic carbocycles. The number of ether oxygens (including phenoxy) is 1. The first-order chi connectivity index (χ1) is 8.19. The second kappa shape index (κ2) is 4.73. The van der Waals surface area contributed by atoms with Crippen molar-refractivity contribution in [2.75, 3.05) is 13.7 Å². The normalized spacial score (nSPS) is 10.7. The number of nitrogens with two attached hydrogens (primary N) is 2.